The first-order valence-electron chi connectivity index (χ1n) is 5.38. The SMILES string of the molecule is Cn1cccc1C(=O)CN1CCS(=O)CC1. The molecule has 88 valence electrons. The summed E-state index contributed by atoms with van der Waals surface area (Å²) in [6.45, 7) is 1.97. The molecule has 1 aromatic rings. The van der Waals surface area contributed by atoms with Crippen molar-refractivity contribution in [2.75, 3.05) is 31.1 Å². The van der Waals surface area contributed by atoms with Gasteiger partial charge in [0.2, 0.25) is 0 Å². The smallest absolute Gasteiger partial charge is 0.193 e. The summed E-state index contributed by atoms with van der Waals surface area (Å²) in [5.74, 6) is 1.53. The average Bonchev–Trinajstić information content (AvgIpc) is 2.68. The first-order chi connectivity index (χ1) is 7.66. The van der Waals surface area contributed by atoms with E-state index in [4.69, 9.17) is 0 Å². The van der Waals surface area contributed by atoms with Gasteiger partial charge in [0.25, 0.3) is 0 Å². The quantitative estimate of drug-likeness (QED) is 0.712. The van der Waals surface area contributed by atoms with Gasteiger partial charge in [-0.25, -0.2) is 0 Å². The number of aromatic nitrogens is 1. The third-order valence-electron chi connectivity index (χ3n) is 2.87. The molecule has 0 aliphatic carbocycles. The van der Waals surface area contributed by atoms with E-state index in [9.17, 15) is 9.00 Å². The largest absolute Gasteiger partial charge is 0.348 e. The van der Waals surface area contributed by atoms with Crippen LogP contribution in [0.3, 0.4) is 0 Å². The molecule has 1 aromatic heterocycles. The fourth-order valence-corrected chi connectivity index (χ4v) is 3.00. The first kappa shape index (κ1) is 11.5. The number of carbonyl (C=O) groups is 1. The predicted octanol–water partition coefficient (Wildman–Crippen LogP) is 0.272. The lowest BCUT2D eigenvalue weighted by molar-refractivity contribution is 0.0928. The minimum atomic E-state index is -0.675. The fourth-order valence-electron chi connectivity index (χ4n) is 1.87. The highest BCUT2D eigenvalue weighted by Gasteiger charge is 2.19. The number of nitrogens with zero attached hydrogens (tertiary/aromatic N) is 2. The number of carbonyl (C=O) groups excluding carboxylic acids is 1. The molecule has 0 unspecified atom stereocenters. The van der Waals surface area contributed by atoms with Crippen LogP contribution in [0.1, 0.15) is 10.5 Å². The van der Waals surface area contributed by atoms with Gasteiger partial charge in [-0.15, -0.1) is 0 Å². The lowest BCUT2D eigenvalue weighted by Gasteiger charge is -2.25. The van der Waals surface area contributed by atoms with Crippen LogP contribution in [0.2, 0.25) is 0 Å². The van der Waals surface area contributed by atoms with Crippen molar-refractivity contribution in [1.82, 2.24) is 9.47 Å². The molecule has 0 atom stereocenters. The highest BCUT2D eigenvalue weighted by molar-refractivity contribution is 7.85. The number of rotatable bonds is 3. The Balaban J connectivity index is 1.93. The second kappa shape index (κ2) is 4.93. The van der Waals surface area contributed by atoms with Crippen molar-refractivity contribution in [3.8, 4) is 0 Å². The Bertz CT molecular complexity index is 404. The summed E-state index contributed by atoms with van der Waals surface area (Å²) in [5.41, 5.74) is 0.742. The molecule has 5 heteroatoms. The van der Waals surface area contributed by atoms with Crippen LogP contribution in [0.15, 0.2) is 18.3 Å². The lowest BCUT2D eigenvalue weighted by Crippen LogP contribution is -2.40. The maximum absolute atomic E-state index is 11.9. The normalized spacial score (nSPS) is 18.8. The van der Waals surface area contributed by atoms with Gasteiger partial charge >= 0.3 is 0 Å². The highest BCUT2D eigenvalue weighted by atomic mass is 32.2. The van der Waals surface area contributed by atoms with E-state index in [0.29, 0.717) is 18.1 Å². The lowest BCUT2D eigenvalue weighted by atomic mass is 10.2. The Morgan fingerprint density at radius 2 is 2.12 bits per heavy atom. The molecule has 1 aliphatic heterocycles. The summed E-state index contributed by atoms with van der Waals surface area (Å²) in [6.07, 6.45) is 1.87. The molecule has 0 amide bonds. The van der Waals surface area contributed by atoms with Crippen LogP contribution in [0.4, 0.5) is 0 Å². The Hall–Kier alpha value is -0.940. The topological polar surface area (TPSA) is 42.3 Å². The van der Waals surface area contributed by atoms with Crippen molar-refractivity contribution >= 4 is 16.6 Å². The summed E-state index contributed by atoms with van der Waals surface area (Å²) in [5, 5.41) is 0. The van der Waals surface area contributed by atoms with E-state index in [0.717, 1.165) is 18.8 Å². The van der Waals surface area contributed by atoms with Gasteiger partial charge in [0.1, 0.15) is 0 Å². The summed E-state index contributed by atoms with van der Waals surface area (Å²) in [6, 6.07) is 3.71. The van der Waals surface area contributed by atoms with Gasteiger partial charge in [-0.2, -0.15) is 0 Å². The molecule has 0 aromatic carbocycles. The van der Waals surface area contributed by atoms with Gasteiger partial charge in [-0.1, -0.05) is 0 Å². The van der Waals surface area contributed by atoms with Crippen LogP contribution in [-0.2, 0) is 17.8 Å². The molecule has 0 N–H and O–H groups in total. The van der Waals surface area contributed by atoms with Crippen LogP contribution in [0.5, 0.6) is 0 Å². The van der Waals surface area contributed by atoms with E-state index >= 15 is 0 Å². The summed E-state index contributed by atoms with van der Waals surface area (Å²) in [7, 11) is 1.20. The Morgan fingerprint density at radius 3 is 2.69 bits per heavy atom. The van der Waals surface area contributed by atoms with E-state index in [2.05, 4.69) is 4.90 Å². The Morgan fingerprint density at radius 1 is 1.44 bits per heavy atom. The number of ketones is 1. The molecule has 1 aliphatic rings. The van der Waals surface area contributed by atoms with Crippen molar-refractivity contribution in [3.05, 3.63) is 24.0 Å². The number of aryl methyl sites for hydroxylation is 1. The molecule has 4 nitrogen and oxygen atoms in total. The third kappa shape index (κ3) is 2.59. The molecular formula is C11H16N2O2S. The van der Waals surface area contributed by atoms with Crippen molar-refractivity contribution in [3.63, 3.8) is 0 Å². The monoisotopic (exact) mass is 240 g/mol. The van der Waals surface area contributed by atoms with Crippen LogP contribution in [0, 0.1) is 0 Å². The Labute approximate surface area is 97.7 Å². The van der Waals surface area contributed by atoms with Gasteiger partial charge in [-0.05, 0) is 12.1 Å². The molecule has 1 fully saturated rings. The van der Waals surface area contributed by atoms with Crippen molar-refractivity contribution in [1.29, 1.82) is 0 Å². The molecule has 1 saturated heterocycles. The molecule has 0 saturated carbocycles. The molecule has 0 radical (unpaired) electrons. The van der Waals surface area contributed by atoms with Gasteiger partial charge in [0.15, 0.2) is 5.78 Å². The maximum atomic E-state index is 11.9. The zero-order valence-electron chi connectivity index (χ0n) is 9.39. The zero-order chi connectivity index (χ0) is 11.5. The van der Waals surface area contributed by atoms with E-state index in [1.807, 2.05) is 29.9 Å². The minimum absolute atomic E-state index is 0.139. The van der Waals surface area contributed by atoms with Crippen LogP contribution < -0.4 is 0 Å². The third-order valence-corrected chi connectivity index (χ3v) is 4.14. The van der Waals surface area contributed by atoms with Gasteiger partial charge in [0.05, 0.1) is 12.2 Å². The summed E-state index contributed by atoms with van der Waals surface area (Å²) < 4.78 is 13.0. The van der Waals surface area contributed by atoms with Gasteiger partial charge < -0.3 is 4.57 Å². The fraction of sp³-hybridized carbons (Fsp3) is 0.545. The second-order valence-corrected chi connectivity index (χ2v) is 5.75. The molecule has 16 heavy (non-hydrogen) atoms. The highest BCUT2D eigenvalue weighted by Crippen LogP contribution is 2.05. The van der Waals surface area contributed by atoms with E-state index in [1.165, 1.54) is 0 Å². The summed E-state index contributed by atoms with van der Waals surface area (Å²) in [4.78, 5) is 14.0. The Kier molecular flexibility index (Phi) is 3.56. The van der Waals surface area contributed by atoms with E-state index < -0.39 is 10.8 Å². The van der Waals surface area contributed by atoms with Gasteiger partial charge in [-0.3, -0.25) is 13.9 Å². The van der Waals surface area contributed by atoms with Crippen LogP contribution in [0.25, 0.3) is 0 Å². The average molecular weight is 240 g/mol. The molecule has 2 heterocycles. The van der Waals surface area contributed by atoms with Crippen LogP contribution in [-0.4, -0.2) is 50.6 Å². The number of Topliss-reactive ketones (excluding diaryl/α,β-unsaturated/α-hetero) is 1. The predicted molar refractivity (Wildman–Crippen MR) is 64.1 cm³/mol. The van der Waals surface area contributed by atoms with Crippen molar-refractivity contribution in [2.24, 2.45) is 7.05 Å². The van der Waals surface area contributed by atoms with Crippen molar-refractivity contribution in [2.45, 2.75) is 0 Å². The van der Waals surface area contributed by atoms with E-state index in [1.54, 1.807) is 0 Å². The first-order valence-corrected chi connectivity index (χ1v) is 6.87. The molecule has 0 bridgehead atoms. The molecule has 0 spiro atoms. The second-order valence-electron chi connectivity index (χ2n) is 4.05. The van der Waals surface area contributed by atoms with E-state index in [-0.39, 0.29) is 5.78 Å². The van der Waals surface area contributed by atoms with Gasteiger partial charge in [0, 0.05) is 48.6 Å². The van der Waals surface area contributed by atoms with Crippen molar-refractivity contribution < 1.29 is 9.00 Å². The zero-order valence-corrected chi connectivity index (χ0v) is 10.2. The van der Waals surface area contributed by atoms with Crippen LogP contribution >= 0.6 is 0 Å². The number of hydrogen-bond donors (Lipinski definition) is 0. The minimum Gasteiger partial charge on any atom is -0.348 e. The molecular weight excluding hydrogens is 224 g/mol. The summed E-state index contributed by atoms with van der Waals surface area (Å²) >= 11 is 0. The maximum Gasteiger partial charge on any atom is 0.193 e. The standard InChI is InChI=1S/C11H16N2O2S/c1-12-4-2-3-10(12)11(14)9-13-5-7-16(15)8-6-13/h2-4H,5-9H2,1H3. The molecule has 2 rings (SSSR count). The number of hydrogen-bond acceptors (Lipinski definition) is 3.